The number of ether oxygens (including phenoxy) is 1. The van der Waals surface area contributed by atoms with Gasteiger partial charge in [-0.3, -0.25) is 0 Å². The van der Waals surface area contributed by atoms with Gasteiger partial charge in [0.15, 0.2) is 5.82 Å². The van der Waals surface area contributed by atoms with E-state index in [2.05, 4.69) is 5.32 Å². The number of methoxy groups -OCH3 is 1. The molecule has 18 heavy (non-hydrogen) atoms. The first kappa shape index (κ1) is 12.5. The lowest BCUT2D eigenvalue weighted by molar-refractivity contribution is 0.417. The zero-order valence-electron chi connectivity index (χ0n) is 9.71. The lowest BCUT2D eigenvalue weighted by atomic mass is 10.2. The molecule has 0 bridgehead atoms. The number of nitrogens with one attached hydrogen (secondary N) is 1. The van der Waals surface area contributed by atoms with Gasteiger partial charge in [-0.15, -0.1) is 0 Å². The van der Waals surface area contributed by atoms with Crippen LogP contribution in [-0.2, 0) is 0 Å². The number of hydrogen-bond acceptors (Lipinski definition) is 3. The average molecular weight is 267 g/mol. The number of para-hydroxylation sites is 2. The third-order valence-corrected chi connectivity index (χ3v) is 2.79. The average Bonchev–Trinajstić information content (AvgIpc) is 2.39. The van der Waals surface area contributed by atoms with Crippen molar-refractivity contribution in [1.82, 2.24) is 0 Å². The van der Waals surface area contributed by atoms with Gasteiger partial charge in [-0.25, -0.2) is 4.39 Å². The van der Waals surface area contributed by atoms with Gasteiger partial charge in [0.1, 0.15) is 5.75 Å². The summed E-state index contributed by atoms with van der Waals surface area (Å²) in [7, 11) is 1.54. The van der Waals surface area contributed by atoms with E-state index in [1.165, 1.54) is 13.2 Å². The van der Waals surface area contributed by atoms with Crippen molar-refractivity contribution in [1.29, 1.82) is 0 Å². The van der Waals surface area contributed by atoms with E-state index in [9.17, 15) is 4.39 Å². The maximum atomic E-state index is 13.9. The second-order valence-corrected chi connectivity index (χ2v) is 4.06. The van der Waals surface area contributed by atoms with E-state index in [0.29, 0.717) is 11.4 Å². The molecule has 0 atom stereocenters. The lowest BCUT2D eigenvalue weighted by Gasteiger charge is -2.13. The zero-order chi connectivity index (χ0) is 13.1. The van der Waals surface area contributed by atoms with E-state index in [4.69, 9.17) is 22.1 Å². The number of hydrogen-bond donors (Lipinski definition) is 2. The third kappa shape index (κ3) is 2.33. The van der Waals surface area contributed by atoms with Crippen LogP contribution in [-0.4, -0.2) is 7.11 Å². The Balaban J connectivity index is 2.43. The molecule has 0 aliphatic heterocycles. The summed E-state index contributed by atoms with van der Waals surface area (Å²) < 4.78 is 19.0. The number of nitrogens with two attached hydrogens (primary N) is 1. The van der Waals surface area contributed by atoms with Gasteiger partial charge < -0.3 is 15.8 Å². The Morgan fingerprint density at radius 3 is 2.67 bits per heavy atom. The summed E-state index contributed by atoms with van der Waals surface area (Å²) in [6, 6.07) is 10.1. The van der Waals surface area contributed by atoms with Crippen LogP contribution in [0.5, 0.6) is 5.75 Å². The van der Waals surface area contributed by atoms with Gasteiger partial charge in [-0.05, 0) is 24.3 Å². The van der Waals surface area contributed by atoms with Crippen LogP contribution in [0.25, 0.3) is 0 Å². The molecule has 2 aromatic rings. The molecular weight excluding hydrogens is 255 g/mol. The fourth-order valence-electron chi connectivity index (χ4n) is 1.58. The molecule has 0 fully saturated rings. The minimum atomic E-state index is -0.581. The molecular formula is C13H12ClFN2O. The van der Waals surface area contributed by atoms with Gasteiger partial charge in [-0.2, -0.15) is 0 Å². The van der Waals surface area contributed by atoms with Gasteiger partial charge >= 0.3 is 0 Å². The minimum Gasteiger partial charge on any atom is -0.495 e. The molecule has 0 saturated heterocycles. The van der Waals surface area contributed by atoms with Crippen LogP contribution in [0.4, 0.5) is 21.5 Å². The van der Waals surface area contributed by atoms with Crippen molar-refractivity contribution < 1.29 is 9.13 Å². The Kier molecular flexibility index (Phi) is 3.58. The van der Waals surface area contributed by atoms with Gasteiger partial charge in [0, 0.05) is 0 Å². The topological polar surface area (TPSA) is 47.3 Å². The van der Waals surface area contributed by atoms with Crippen molar-refractivity contribution in [2.45, 2.75) is 0 Å². The molecule has 0 aliphatic rings. The molecule has 0 unspecified atom stereocenters. The standard InChI is InChI=1S/C13H12ClFN2O/c1-18-11-5-3-2-4-10(11)17-13-9(16)7-6-8(14)12(13)15/h2-7,17H,16H2,1H3. The van der Waals surface area contributed by atoms with E-state index >= 15 is 0 Å². The molecule has 0 spiro atoms. The van der Waals surface area contributed by atoms with Crippen molar-refractivity contribution in [3.05, 3.63) is 47.2 Å². The quantitative estimate of drug-likeness (QED) is 0.831. The van der Waals surface area contributed by atoms with Crippen LogP contribution in [0.2, 0.25) is 5.02 Å². The van der Waals surface area contributed by atoms with Crippen molar-refractivity contribution >= 4 is 28.7 Å². The van der Waals surface area contributed by atoms with Gasteiger partial charge in [0.2, 0.25) is 0 Å². The molecule has 94 valence electrons. The second kappa shape index (κ2) is 5.14. The highest BCUT2D eigenvalue weighted by molar-refractivity contribution is 6.31. The van der Waals surface area contributed by atoms with Crippen LogP contribution in [0.3, 0.4) is 0 Å². The van der Waals surface area contributed by atoms with E-state index in [1.807, 2.05) is 12.1 Å². The molecule has 0 aliphatic carbocycles. The molecule has 2 aromatic carbocycles. The highest BCUT2D eigenvalue weighted by Crippen LogP contribution is 2.34. The van der Waals surface area contributed by atoms with E-state index in [1.54, 1.807) is 18.2 Å². The molecule has 3 N–H and O–H groups in total. The molecule has 0 aromatic heterocycles. The normalized spacial score (nSPS) is 10.2. The molecule has 0 radical (unpaired) electrons. The number of benzene rings is 2. The summed E-state index contributed by atoms with van der Waals surface area (Å²) in [5.74, 6) is 0.0128. The van der Waals surface area contributed by atoms with E-state index < -0.39 is 5.82 Å². The predicted octanol–water partition coefficient (Wildman–Crippen LogP) is 3.81. The highest BCUT2D eigenvalue weighted by Gasteiger charge is 2.12. The van der Waals surface area contributed by atoms with Crippen LogP contribution in [0, 0.1) is 5.82 Å². The number of rotatable bonds is 3. The SMILES string of the molecule is COc1ccccc1Nc1c(N)ccc(Cl)c1F. The Morgan fingerprint density at radius 2 is 1.94 bits per heavy atom. The van der Waals surface area contributed by atoms with E-state index in [-0.39, 0.29) is 16.4 Å². The third-order valence-electron chi connectivity index (χ3n) is 2.49. The number of nitrogen functional groups attached to an aromatic ring is 1. The fourth-order valence-corrected chi connectivity index (χ4v) is 1.73. The van der Waals surface area contributed by atoms with Gasteiger partial charge in [0.05, 0.1) is 29.2 Å². The molecule has 3 nitrogen and oxygen atoms in total. The summed E-state index contributed by atoms with van der Waals surface area (Å²) in [6.07, 6.45) is 0. The number of halogens is 2. The second-order valence-electron chi connectivity index (χ2n) is 3.65. The van der Waals surface area contributed by atoms with Crippen LogP contribution >= 0.6 is 11.6 Å². The van der Waals surface area contributed by atoms with Crippen LogP contribution in [0.1, 0.15) is 0 Å². The summed E-state index contributed by atoms with van der Waals surface area (Å²) in [5, 5.41) is 2.91. The van der Waals surface area contributed by atoms with Crippen molar-refractivity contribution in [3.63, 3.8) is 0 Å². The smallest absolute Gasteiger partial charge is 0.167 e. The van der Waals surface area contributed by atoms with Crippen molar-refractivity contribution in [3.8, 4) is 5.75 Å². The Hall–Kier alpha value is -1.94. The van der Waals surface area contributed by atoms with E-state index in [0.717, 1.165) is 0 Å². The van der Waals surface area contributed by atoms with Crippen molar-refractivity contribution in [2.24, 2.45) is 0 Å². The molecule has 2 rings (SSSR count). The minimum absolute atomic E-state index is 0.0154. The summed E-state index contributed by atoms with van der Waals surface area (Å²) in [5.41, 5.74) is 6.77. The molecule has 0 amide bonds. The summed E-state index contributed by atoms with van der Waals surface area (Å²) >= 11 is 5.72. The summed E-state index contributed by atoms with van der Waals surface area (Å²) in [6.45, 7) is 0. The van der Waals surface area contributed by atoms with Gasteiger partial charge in [-0.1, -0.05) is 23.7 Å². The Labute approximate surface area is 109 Å². The number of anilines is 3. The molecule has 0 saturated carbocycles. The lowest BCUT2D eigenvalue weighted by Crippen LogP contribution is -2.01. The highest BCUT2D eigenvalue weighted by atomic mass is 35.5. The molecule has 5 heteroatoms. The van der Waals surface area contributed by atoms with Crippen molar-refractivity contribution in [2.75, 3.05) is 18.2 Å². The van der Waals surface area contributed by atoms with Crippen LogP contribution < -0.4 is 15.8 Å². The zero-order valence-corrected chi connectivity index (χ0v) is 10.5. The monoisotopic (exact) mass is 266 g/mol. The Bertz CT molecular complexity index is 575. The van der Waals surface area contributed by atoms with Gasteiger partial charge in [0.25, 0.3) is 0 Å². The first-order valence-electron chi connectivity index (χ1n) is 5.27. The maximum Gasteiger partial charge on any atom is 0.167 e. The predicted molar refractivity (Wildman–Crippen MR) is 72.1 cm³/mol. The largest absolute Gasteiger partial charge is 0.495 e. The first-order chi connectivity index (χ1) is 8.63. The Morgan fingerprint density at radius 1 is 1.22 bits per heavy atom. The summed E-state index contributed by atoms with van der Waals surface area (Å²) in [4.78, 5) is 0. The fraction of sp³-hybridized carbons (Fsp3) is 0.0769. The van der Waals surface area contributed by atoms with Crippen LogP contribution in [0.15, 0.2) is 36.4 Å². The maximum absolute atomic E-state index is 13.9. The molecule has 0 heterocycles. The first-order valence-corrected chi connectivity index (χ1v) is 5.65.